The van der Waals surface area contributed by atoms with Crippen molar-refractivity contribution in [1.82, 2.24) is 0 Å². The first kappa shape index (κ1) is 18.5. The highest BCUT2D eigenvalue weighted by molar-refractivity contribution is 9.11. The molecule has 24 heavy (non-hydrogen) atoms. The summed E-state index contributed by atoms with van der Waals surface area (Å²) in [6.07, 6.45) is 0. The average molecular weight is 457 g/mol. The molecule has 0 bridgehead atoms. The summed E-state index contributed by atoms with van der Waals surface area (Å²) < 4.78 is 11.6. The van der Waals surface area contributed by atoms with Crippen molar-refractivity contribution in [2.24, 2.45) is 0 Å². The van der Waals surface area contributed by atoms with E-state index in [9.17, 15) is 9.59 Å². The fraction of sp³-hybridized carbons (Fsp3) is 0.176. The molecule has 0 aliphatic heterocycles. The van der Waals surface area contributed by atoms with Crippen LogP contribution in [0.2, 0.25) is 0 Å². The van der Waals surface area contributed by atoms with Gasteiger partial charge in [0.15, 0.2) is 6.61 Å². The molecule has 0 atom stereocenters. The maximum absolute atomic E-state index is 12.1. The SMILES string of the molecule is COC(=O)c1cccc(OCC(=O)Nc2c(Br)cc(C)cc2Br)c1. The Labute approximate surface area is 156 Å². The fourth-order valence-electron chi connectivity index (χ4n) is 1.97. The highest BCUT2D eigenvalue weighted by Crippen LogP contribution is 2.32. The van der Waals surface area contributed by atoms with E-state index in [-0.39, 0.29) is 12.5 Å². The molecule has 2 aromatic carbocycles. The van der Waals surface area contributed by atoms with Gasteiger partial charge in [0.05, 0.1) is 18.4 Å². The van der Waals surface area contributed by atoms with Crippen LogP contribution in [-0.2, 0) is 9.53 Å². The summed E-state index contributed by atoms with van der Waals surface area (Å²) >= 11 is 6.84. The van der Waals surface area contributed by atoms with Gasteiger partial charge in [-0.2, -0.15) is 0 Å². The molecule has 2 rings (SSSR count). The summed E-state index contributed by atoms with van der Waals surface area (Å²) in [4.78, 5) is 23.6. The molecule has 5 nitrogen and oxygen atoms in total. The van der Waals surface area contributed by atoms with Gasteiger partial charge in [-0.25, -0.2) is 4.79 Å². The van der Waals surface area contributed by atoms with Crippen LogP contribution in [0.3, 0.4) is 0 Å². The maximum Gasteiger partial charge on any atom is 0.337 e. The number of nitrogens with one attached hydrogen (secondary N) is 1. The summed E-state index contributed by atoms with van der Waals surface area (Å²) in [7, 11) is 1.31. The van der Waals surface area contributed by atoms with E-state index in [0.717, 1.165) is 14.5 Å². The Morgan fingerprint density at radius 3 is 2.42 bits per heavy atom. The van der Waals surface area contributed by atoms with E-state index in [4.69, 9.17) is 4.74 Å². The normalized spacial score (nSPS) is 10.2. The molecular weight excluding hydrogens is 442 g/mol. The van der Waals surface area contributed by atoms with Gasteiger partial charge in [-0.05, 0) is 74.7 Å². The van der Waals surface area contributed by atoms with E-state index in [1.807, 2.05) is 19.1 Å². The molecule has 0 fully saturated rings. The quantitative estimate of drug-likeness (QED) is 0.680. The van der Waals surface area contributed by atoms with E-state index in [1.165, 1.54) is 13.2 Å². The zero-order valence-corrected chi connectivity index (χ0v) is 16.2. The smallest absolute Gasteiger partial charge is 0.337 e. The minimum atomic E-state index is -0.461. The zero-order valence-electron chi connectivity index (χ0n) is 13.1. The van der Waals surface area contributed by atoms with Crippen molar-refractivity contribution in [2.75, 3.05) is 19.0 Å². The predicted molar refractivity (Wildman–Crippen MR) is 98.5 cm³/mol. The lowest BCUT2D eigenvalue weighted by Crippen LogP contribution is -2.20. The number of hydrogen-bond acceptors (Lipinski definition) is 4. The van der Waals surface area contributed by atoms with Crippen LogP contribution in [-0.4, -0.2) is 25.6 Å². The number of ether oxygens (including phenoxy) is 2. The molecule has 0 unspecified atom stereocenters. The van der Waals surface area contributed by atoms with Crippen LogP contribution in [0.1, 0.15) is 15.9 Å². The van der Waals surface area contributed by atoms with Gasteiger partial charge in [-0.1, -0.05) is 6.07 Å². The standard InChI is InChI=1S/C17H15Br2NO4/c1-10-6-13(18)16(14(19)7-10)20-15(21)9-24-12-5-3-4-11(8-12)17(22)23-2/h3-8H,9H2,1-2H3,(H,20,21). The lowest BCUT2D eigenvalue weighted by atomic mass is 10.2. The number of esters is 1. The Hall–Kier alpha value is -1.86. The lowest BCUT2D eigenvalue weighted by Gasteiger charge is -2.12. The van der Waals surface area contributed by atoms with Gasteiger partial charge in [0.1, 0.15) is 5.75 Å². The number of benzene rings is 2. The number of carbonyl (C=O) groups excluding carboxylic acids is 2. The van der Waals surface area contributed by atoms with Crippen molar-refractivity contribution in [3.63, 3.8) is 0 Å². The minimum Gasteiger partial charge on any atom is -0.484 e. The van der Waals surface area contributed by atoms with Crippen molar-refractivity contribution < 1.29 is 19.1 Å². The van der Waals surface area contributed by atoms with E-state index >= 15 is 0 Å². The third-order valence-corrected chi connectivity index (χ3v) is 4.33. The predicted octanol–water partition coefficient (Wildman–Crippen LogP) is 4.32. The number of amides is 1. The molecule has 1 amide bonds. The summed E-state index contributed by atoms with van der Waals surface area (Å²) in [6, 6.07) is 10.3. The number of hydrogen-bond donors (Lipinski definition) is 1. The minimum absolute atomic E-state index is 0.183. The number of halogens is 2. The van der Waals surface area contributed by atoms with Crippen molar-refractivity contribution in [3.05, 3.63) is 56.5 Å². The Morgan fingerprint density at radius 1 is 1.12 bits per heavy atom. The second-order valence-electron chi connectivity index (χ2n) is 4.96. The van der Waals surface area contributed by atoms with Crippen molar-refractivity contribution in [1.29, 1.82) is 0 Å². The summed E-state index contributed by atoms with van der Waals surface area (Å²) in [5.41, 5.74) is 2.06. The maximum atomic E-state index is 12.1. The first-order valence-corrected chi connectivity index (χ1v) is 8.56. The molecule has 0 aromatic heterocycles. The van der Waals surface area contributed by atoms with Crippen LogP contribution in [0.15, 0.2) is 45.3 Å². The molecule has 0 saturated carbocycles. The molecule has 0 aliphatic carbocycles. The molecule has 0 heterocycles. The van der Waals surface area contributed by atoms with Crippen molar-refractivity contribution in [3.8, 4) is 5.75 Å². The molecule has 126 valence electrons. The number of anilines is 1. The second kappa shape index (κ2) is 8.30. The zero-order chi connectivity index (χ0) is 17.7. The van der Waals surface area contributed by atoms with Crippen LogP contribution in [0.4, 0.5) is 5.69 Å². The molecule has 1 N–H and O–H groups in total. The molecule has 0 aliphatic rings. The number of rotatable bonds is 5. The highest BCUT2D eigenvalue weighted by Gasteiger charge is 2.12. The fourth-order valence-corrected chi connectivity index (χ4v) is 3.59. The van der Waals surface area contributed by atoms with Gasteiger partial charge in [0.2, 0.25) is 0 Å². The third kappa shape index (κ3) is 4.82. The first-order valence-electron chi connectivity index (χ1n) is 6.97. The number of aryl methyl sites for hydroxylation is 1. The lowest BCUT2D eigenvalue weighted by molar-refractivity contribution is -0.118. The topological polar surface area (TPSA) is 64.6 Å². The van der Waals surface area contributed by atoms with Gasteiger partial charge in [0, 0.05) is 8.95 Å². The van der Waals surface area contributed by atoms with Gasteiger partial charge >= 0.3 is 5.97 Å². The van der Waals surface area contributed by atoms with Crippen LogP contribution >= 0.6 is 31.9 Å². The van der Waals surface area contributed by atoms with E-state index in [2.05, 4.69) is 41.9 Å². The largest absolute Gasteiger partial charge is 0.484 e. The first-order chi connectivity index (χ1) is 11.4. The Balaban J connectivity index is 2.00. The summed E-state index contributed by atoms with van der Waals surface area (Å²) in [5.74, 6) is -0.365. The van der Waals surface area contributed by atoms with Crippen molar-refractivity contribution in [2.45, 2.75) is 6.92 Å². The van der Waals surface area contributed by atoms with Gasteiger partial charge < -0.3 is 14.8 Å². The van der Waals surface area contributed by atoms with Crippen LogP contribution in [0.5, 0.6) is 5.75 Å². The molecule has 2 aromatic rings. The second-order valence-corrected chi connectivity index (χ2v) is 6.67. The number of carbonyl (C=O) groups is 2. The van der Waals surface area contributed by atoms with E-state index in [1.54, 1.807) is 18.2 Å². The summed E-state index contributed by atoms with van der Waals surface area (Å²) in [5, 5.41) is 2.78. The van der Waals surface area contributed by atoms with E-state index in [0.29, 0.717) is 17.0 Å². The monoisotopic (exact) mass is 455 g/mol. The Kier molecular flexibility index (Phi) is 6.39. The van der Waals surface area contributed by atoms with Crippen LogP contribution < -0.4 is 10.1 Å². The molecule has 0 radical (unpaired) electrons. The Bertz CT molecular complexity index is 754. The van der Waals surface area contributed by atoms with Crippen molar-refractivity contribution >= 4 is 49.4 Å². The third-order valence-electron chi connectivity index (χ3n) is 3.08. The van der Waals surface area contributed by atoms with E-state index < -0.39 is 5.97 Å². The molecule has 7 heteroatoms. The van der Waals surface area contributed by atoms with Gasteiger partial charge in [-0.15, -0.1) is 0 Å². The van der Waals surface area contributed by atoms with Gasteiger partial charge in [0.25, 0.3) is 5.91 Å². The highest BCUT2D eigenvalue weighted by atomic mass is 79.9. The number of methoxy groups -OCH3 is 1. The average Bonchev–Trinajstić information content (AvgIpc) is 2.55. The molecule has 0 saturated heterocycles. The molecular formula is C17H15Br2NO4. The van der Waals surface area contributed by atoms with Crippen LogP contribution in [0.25, 0.3) is 0 Å². The summed E-state index contributed by atoms with van der Waals surface area (Å²) in [6.45, 7) is 1.77. The molecule has 0 spiro atoms. The Morgan fingerprint density at radius 2 is 1.79 bits per heavy atom. The van der Waals surface area contributed by atoms with Gasteiger partial charge in [-0.3, -0.25) is 4.79 Å². The van der Waals surface area contributed by atoms with Crippen LogP contribution in [0, 0.1) is 6.92 Å².